The summed E-state index contributed by atoms with van der Waals surface area (Å²) in [6.45, 7) is 4.19. The third-order valence-electron chi connectivity index (χ3n) is 1.42. The van der Waals surface area contributed by atoms with Gasteiger partial charge in [-0.1, -0.05) is 37.3 Å². The van der Waals surface area contributed by atoms with E-state index in [2.05, 4.69) is 17.5 Å². The van der Waals surface area contributed by atoms with Crippen LogP contribution in [-0.4, -0.2) is 16.3 Å². The fourth-order valence-corrected chi connectivity index (χ4v) is 0.858. The Morgan fingerprint density at radius 1 is 1.58 bits per heavy atom. The van der Waals surface area contributed by atoms with E-state index in [1.807, 2.05) is 13.2 Å². The van der Waals surface area contributed by atoms with Crippen LogP contribution in [0.15, 0.2) is 5.10 Å². The third kappa shape index (κ3) is 6.61. The molecule has 4 heteroatoms. The van der Waals surface area contributed by atoms with Crippen LogP contribution in [0.2, 0.25) is 0 Å². The lowest BCUT2D eigenvalue weighted by Gasteiger charge is -2.00. The normalized spacial score (nSPS) is 11.4. The van der Waals surface area contributed by atoms with Crippen molar-refractivity contribution in [1.82, 2.24) is 5.43 Å². The highest BCUT2D eigenvalue weighted by Gasteiger charge is 1.92. The predicted octanol–water partition coefficient (Wildman–Crippen LogP) is 2.79. The van der Waals surface area contributed by atoms with Crippen molar-refractivity contribution in [2.75, 3.05) is 6.26 Å². The maximum atomic E-state index is 4.93. The van der Waals surface area contributed by atoms with Gasteiger partial charge in [-0.05, 0) is 26.0 Å². The van der Waals surface area contributed by atoms with Crippen molar-refractivity contribution in [2.45, 2.75) is 33.1 Å². The summed E-state index contributed by atoms with van der Waals surface area (Å²) in [7, 11) is 0. The zero-order chi connectivity index (χ0) is 9.40. The van der Waals surface area contributed by atoms with Crippen molar-refractivity contribution in [3.63, 3.8) is 0 Å². The molecule has 0 rings (SSSR count). The Morgan fingerprint density at radius 3 is 2.75 bits per heavy atom. The molecule has 0 atom stereocenters. The van der Waals surface area contributed by atoms with E-state index < -0.39 is 0 Å². The fourth-order valence-electron chi connectivity index (χ4n) is 0.675. The van der Waals surface area contributed by atoms with Crippen molar-refractivity contribution in [3.05, 3.63) is 0 Å². The van der Waals surface area contributed by atoms with Crippen LogP contribution < -0.4 is 5.43 Å². The molecule has 0 unspecified atom stereocenters. The Morgan fingerprint density at radius 2 is 2.25 bits per heavy atom. The second-order valence-electron chi connectivity index (χ2n) is 2.55. The van der Waals surface area contributed by atoms with E-state index in [4.69, 9.17) is 12.2 Å². The number of hydrogen-bond donors (Lipinski definition) is 1. The predicted molar refractivity (Wildman–Crippen MR) is 61.9 cm³/mol. The van der Waals surface area contributed by atoms with Crippen LogP contribution in [0, 0.1) is 0 Å². The van der Waals surface area contributed by atoms with Crippen molar-refractivity contribution in [1.29, 1.82) is 0 Å². The fraction of sp³-hybridized carbons (Fsp3) is 0.750. The SMILES string of the molecule is CCCCC(C)=NNC(=S)SC. The molecule has 0 aromatic heterocycles. The first-order valence-corrected chi connectivity index (χ1v) is 5.71. The van der Waals surface area contributed by atoms with Gasteiger partial charge in [0, 0.05) is 5.71 Å². The molecule has 70 valence electrons. The van der Waals surface area contributed by atoms with E-state index >= 15 is 0 Å². The number of hydrogen-bond acceptors (Lipinski definition) is 3. The van der Waals surface area contributed by atoms with Gasteiger partial charge in [0.05, 0.1) is 0 Å². The van der Waals surface area contributed by atoms with Gasteiger partial charge in [-0.15, -0.1) is 0 Å². The molecule has 0 saturated heterocycles. The van der Waals surface area contributed by atoms with Gasteiger partial charge in [0.2, 0.25) is 0 Å². The average molecular weight is 204 g/mol. The Kier molecular flexibility index (Phi) is 7.50. The van der Waals surface area contributed by atoms with Crippen LogP contribution in [0.1, 0.15) is 33.1 Å². The van der Waals surface area contributed by atoms with Crippen molar-refractivity contribution in [2.24, 2.45) is 5.10 Å². The summed E-state index contributed by atoms with van der Waals surface area (Å²) in [6.07, 6.45) is 5.40. The minimum atomic E-state index is 0.728. The van der Waals surface area contributed by atoms with Gasteiger partial charge in [-0.25, -0.2) is 0 Å². The van der Waals surface area contributed by atoms with Crippen molar-refractivity contribution >= 4 is 34.0 Å². The zero-order valence-corrected chi connectivity index (χ0v) is 9.52. The summed E-state index contributed by atoms with van der Waals surface area (Å²) in [4.78, 5) is 0. The zero-order valence-electron chi connectivity index (χ0n) is 7.89. The molecule has 0 aliphatic rings. The molecule has 0 amide bonds. The Labute approximate surface area is 84.2 Å². The molecule has 0 aromatic carbocycles. The summed E-state index contributed by atoms with van der Waals surface area (Å²) in [5.74, 6) is 0. The Balaban J connectivity index is 3.60. The quantitative estimate of drug-likeness (QED) is 0.433. The van der Waals surface area contributed by atoms with E-state index in [0.717, 1.165) is 16.5 Å². The van der Waals surface area contributed by atoms with Gasteiger partial charge in [0.1, 0.15) is 0 Å². The number of thiocarbonyl (C=S) groups is 1. The largest absolute Gasteiger partial charge is 0.262 e. The van der Waals surface area contributed by atoms with Crippen LogP contribution in [0.5, 0.6) is 0 Å². The van der Waals surface area contributed by atoms with Crippen LogP contribution >= 0.6 is 24.0 Å². The van der Waals surface area contributed by atoms with Crippen LogP contribution in [0.3, 0.4) is 0 Å². The molecular weight excluding hydrogens is 188 g/mol. The van der Waals surface area contributed by atoms with Crippen LogP contribution in [0.25, 0.3) is 0 Å². The second kappa shape index (κ2) is 7.55. The van der Waals surface area contributed by atoms with Gasteiger partial charge >= 0.3 is 0 Å². The monoisotopic (exact) mass is 204 g/mol. The first-order valence-electron chi connectivity index (χ1n) is 4.07. The number of nitrogens with zero attached hydrogens (tertiary/aromatic N) is 1. The molecule has 0 heterocycles. The summed E-state index contributed by atoms with van der Waals surface area (Å²) < 4.78 is 0.728. The molecule has 1 N–H and O–H groups in total. The van der Waals surface area contributed by atoms with E-state index in [0.29, 0.717) is 0 Å². The van der Waals surface area contributed by atoms with E-state index in [1.165, 1.54) is 24.6 Å². The summed E-state index contributed by atoms with van der Waals surface area (Å²) >= 11 is 6.43. The van der Waals surface area contributed by atoms with Gasteiger partial charge in [-0.3, -0.25) is 5.43 Å². The molecule has 0 aromatic rings. The van der Waals surface area contributed by atoms with E-state index in [1.54, 1.807) is 0 Å². The topological polar surface area (TPSA) is 24.4 Å². The van der Waals surface area contributed by atoms with Crippen LogP contribution in [0.4, 0.5) is 0 Å². The lowest BCUT2D eigenvalue weighted by Crippen LogP contribution is -2.12. The first kappa shape index (κ1) is 11.9. The number of rotatable bonds is 4. The number of unbranched alkanes of at least 4 members (excludes halogenated alkanes) is 1. The molecule has 0 bridgehead atoms. The molecule has 2 nitrogen and oxygen atoms in total. The minimum Gasteiger partial charge on any atom is -0.262 e. The van der Waals surface area contributed by atoms with Crippen molar-refractivity contribution < 1.29 is 0 Å². The third-order valence-corrected chi connectivity index (χ3v) is 2.47. The van der Waals surface area contributed by atoms with E-state index in [9.17, 15) is 0 Å². The summed E-state index contributed by atoms with van der Waals surface area (Å²) in [5.41, 5.74) is 3.94. The van der Waals surface area contributed by atoms with Gasteiger partial charge in [0.25, 0.3) is 0 Å². The number of thioether (sulfide) groups is 1. The molecule has 0 fully saturated rings. The highest BCUT2D eigenvalue weighted by atomic mass is 32.2. The maximum absolute atomic E-state index is 4.93. The molecule has 0 aliphatic carbocycles. The standard InChI is InChI=1S/C8H16N2S2/c1-4-5-6-7(2)9-10-8(11)12-3/h4-6H2,1-3H3,(H,10,11). The summed E-state index contributed by atoms with van der Waals surface area (Å²) in [5, 5.41) is 4.14. The Hall–Kier alpha value is -0.0900. The smallest absolute Gasteiger partial charge is 0.153 e. The number of hydrazone groups is 1. The maximum Gasteiger partial charge on any atom is 0.153 e. The van der Waals surface area contributed by atoms with Crippen LogP contribution in [-0.2, 0) is 0 Å². The lowest BCUT2D eigenvalue weighted by molar-refractivity contribution is 0.826. The average Bonchev–Trinajstić information content (AvgIpc) is 2.10. The molecule has 0 radical (unpaired) electrons. The second-order valence-corrected chi connectivity index (χ2v) is 4.04. The molecule has 0 saturated carbocycles. The number of nitrogens with one attached hydrogen (secondary N) is 1. The lowest BCUT2D eigenvalue weighted by atomic mass is 10.2. The molecule has 0 aliphatic heterocycles. The molecular formula is C8H16N2S2. The van der Waals surface area contributed by atoms with Gasteiger partial charge in [0.15, 0.2) is 4.32 Å². The minimum absolute atomic E-state index is 0.728. The highest BCUT2D eigenvalue weighted by Crippen LogP contribution is 1.97. The first-order chi connectivity index (χ1) is 5.70. The van der Waals surface area contributed by atoms with E-state index in [-0.39, 0.29) is 0 Å². The van der Waals surface area contributed by atoms with Gasteiger partial charge in [-0.2, -0.15) is 5.10 Å². The van der Waals surface area contributed by atoms with Gasteiger partial charge < -0.3 is 0 Å². The Bertz CT molecular complexity index is 166. The summed E-state index contributed by atoms with van der Waals surface area (Å²) in [6, 6.07) is 0. The van der Waals surface area contributed by atoms with Crippen molar-refractivity contribution in [3.8, 4) is 0 Å². The molecule has 12 heavy (non-hydrogen) atoms. The highest BCUT2D eigenvalue weighted by molar-refractivity contribution is 8.22. The molecule has 0 spiro atoms.